The van der Waals surface area contributed by atoms with Crippen LogP contribution in [0.1, 0.15) is 36.5 Å². The number of halogens is 3. The van der Waals surface area contributed by atoms with Crippen molar-refractivity contribution in [3.8, 4) is 11.8 Å². The van der Waals surface area contributed by atoms with Crippen molar-refractivity contribution in [3.05, 3.63) is 66.1 Å². The lowest BCUT2D eigenvalue weighted by Crippen LogP contribution is -2.44. The van der Waals surface area contributed by atoms with Crippen LogP contribution in [0.2, 0.25) is 10.0 Å². The number of benzene rings is 2. The number of hydrogen-bond donors (Lipinski definition) is 2. The number of hydrogen-bond acceptors (Lipinski definition) is 7. The van der Waals surface area contributed by atoms with Crippen LogP contribution in [-0.2, 0) is 25.5 Å². The Morgan fingerprint density at radius 2 is 1.87 bits per heavy atom. The van der Waals surface area contributed by atoms with Gasteiger partial charge in [0, 0.05) is 16.1 Å². The summed E-state index contributed by atoms with van der Waals surface area (Å²) in [4.78, 5) is 38.7. The zero-order chi connectivity index (χ0) is 28.9. The number of aryl methyl sites for hydroxylation is 2. The van der Waals surface area contributed by atoms with Gasteiger partial charge in [0.2, 0.25) is 11.8 Å². The number of methoxy groups -OCH3 is 1. The summed E-state index contributed by atoms with van der Waals surface area (Å²) in [5.41, 5.74) is 3.01. The predicted octanol–water partition coefficient (Wildman–Crippen LogP) is 6.14. The topological polar surface area (TPSA) is 118 Å². The molecule has 2 atom stereocenters. The molecule has 2 N–H and O–H groups in total. The minimum atomic E-state index is -1.37. The van der Waals surface area contributed by atoms with Crippen molar-refractivity contribution < 1.29 is 23.9 Å². The maximum atomic E-state index is 13.1. The van der Waals surface area contributed by atoms with Gasteiger partial charge in [-0.25, -0.2) is 0 Å². The average Bonchev–Trinajstić information content (AvgIpc) is 2.89. The van der Waals surface area contributed by atoms with E-state index >= 15 is 0 Å². The number of esters is 1. The molecule has 206 valence electrons. The summed E-state index contributed by atoms with van der Waals surface area (Å²) < 4.78 is 11.3. The zero-order valence-corrected chi connectivity index (χ0v) is 25.5. The predicted molar refractivity (Wildman–Crippen MR) is 156 cm³/mol. The molecule has 0 saturated carbocycles. The molecule has 0 radical (unpaired) electrons. The highest BCUT2D eigenvalue weighted by Gasteiger charge is 2.44. The molecule has 0 saturated heterocycles. The Morgan fingerprint density at radius 1 is 1.21 bits per heavy atom. The number of ether oxygens (including phenoxy) is 2. The number of thioether (sulfide) groups is 1. The maximum absolute atomic E-state index is 13.1. The highest BCUT2D eigenvalue weighted by Crippen LogP contribution is 2.44. The standard InChI is InChI=1S/C27H26BrCl2N3O5S/c1-5-14-8-16(28)7-13(3)23(14)32-20(34)12-39-26-17(11-31)21(22(25(35)33-26)27(36)37-4)15-9-18(29)24(38-6-2)19(30)10-15/h7-10,21-22H,5-6,12H2,1-4H3,(H,32,34)(H,33,35)/t21-,22-/m0/s1. The summed E-state index contributed by atoms with van der Waals surface area (Å²) in [5.74, 6) is -4.09. The van der Waals surface area contributed by atoms with E-state index < -0.39 is 23.7 Å². The Morgan fingerprint density at radius 3 is 2.44 bits per heavy atom. The van der Waals surface area contributed by atoms with Crippen molar-refractivity contribution in [1.82, 2.24) is 5.32 Å². The second kappa shape index (κ2) is 13.6. The first-order valence-electron chi connectivity index (χ1n) is 11.9. The van der Waals surface area contributed by atoms with Gasteiger partial charge in [0.05, 0.1) is 46.2 Å². The van der Waals surface area contributed by atoms with Crippen molar-refractivity contribution in [2.45, 2.75) is 33.1 Å². The Hall–Kier alpha value is -2.71. The Labute approximate surface area is 249 Å². The number of allylic oxidation sites excluding steroid dienone is 1. The van der Waals surface area contributed by atoms with Crippen molar-refractivity contribution in [3.63, 3.8) is 0 Å². The van der Waals surface area contributed by atoms with Gasteiger partial charge in [0.1, 0.15) is 5.92 Å². The largest absolute Gasteiger partial charge is 0.491 e. The third-order valence-corrected chi connectivity index (χ3v) is 8.06. The number of carbonyl (C=O) groups is 3. The first-order valence-corrected chi connectivity index (χ1v) is 14.5. The zero-order valence-electron chi connectivity index (χ0n) is 21.6. The van der Waals surface area contributed by atoms with Crippen LogP contribution in [0.3, 0.4) is 0 Å². The van der Waals surface area contributed by atoms with Gasteiger partial charge in [-0.15, -0.1) is 0 Å². The molecule has 3 rings (SSSR count). The lowest BCUT2D eigenvalue weighted by Gasteiger charge is -2.31. The van der Waals surface area contributed by atoms with E-state index in [0.717, 1.165) is 40.2 Å². The van der Waals surface area contributed by atoms with E-state index in [1.165, 1.54) is 12.1 Å². The summed E-state index contributed by atoms with van der Waals surface area (Å²) in [7, 11) is 1.16. The Balaban J connectivity index is 1.98. The van der Waals surface area contributed by atoms with Crippen molar-refractivity contribution >= 4 is 74.4 Å². The Bertz CT molecular complexity index is 1370. The van der Waals surface area contributed by atoms with Crippen LogP contribution in [0.4, 0.5) is 5.69 Å². The minimum absolute atomic E-state index is 0.0770. The van der Waals surface area contributed by atoms with Gasteiger partial charge >= 0.3 is 5.97 Å². The van der Waals surface area contributed by atoms with Crippen molar-refractivity contribution in [1.29, 1.82) is 5.26 Å². The molecule has 1 aliphatic heterocycles. The van der Waals surface area contributed by atoms with Crippen molar-refractivity contribution in [2.75, 3.05) is 24.8 Å². The average molecular weight is 655 g/mol. The maximum Gasteiger partial charge on any atom is 0.319 e. The van der Waals surface area contributed by atoms with E-state index in [4.69, 9.17) is 32.7 Å². The second-order valence-corrected chi connectivity index (χ2v) is 11.2. The van der Waals surface area contributed by atoms with E-state index in [9.17, 15) is 19.6 Å². The van der Waals surface area contributed by atoms with Crippen LogP contribution in [-0.4, -0.2) is 37.3 Å². The molecule has 2 aromatic rings. The molecule has 1 heterocycles. The molecule has 0 spiro atoms. The number of anilines is 1. The van der Waals surface area contributed by atoms with Gasteiger partial charge in [-0.2, -0.15) is 5.26 Å². The summed E-state index contributed by atoms with van der Waals surface area (Å²) in [6.07, 6.45) is 0.715. The SMILES string of the molecule is CCOc1c(Cl)cc([C@H]2C(C#N)=C(SCC(=O)Nc3c(C)cc(Br)cc3CC)NC(=O)[C@H]2C(=O)OC)cc1Cl. The second-order valence-electron chi connectivity index (χ2n) is 8.52. The summed E-state index contributed by atoms with van der Waals surface area (Å²) in [5, 5.41) is 16.2. The quantitative estimate of drug-likeness (QED) is 0.247. The molecule has 0 fully saturated rings. The third kappa shape index (κ3) is 6.90. The van der Waals surface area contributed by atoms with Gasteiger partial charge in [0.15, 0.2) is 5.75 Å². The molecule has 1 aliphatic rings. The van der Waals surface area contributed by atoms with Crippen molar-refractivity contribution in [2.24, 2.45) is 5.92 Å². The monoisotopic (exact) mass is 653 g/mol. The normalized spacial score (nSPS) is 16.8. The third-order valence-electron chi connectivity index (χ3n) is 6.03. The van der Waals surface area contributed by atoms with Crippen LogP contribution in [0, 0.1) is 24.2 Å². The molecular formula is C27H26BrCl2N3O5S. The van der Waals surface area contributed by atoms with Gasteiger partial charge in [-0.05, 0) is 61.2 Å². The molecule has 8 nitrogen and oxygen atoms in total. The Kier molecular flexibility index (Phi) is 10.7. The van der Waals surface area contributed by atoms with Gasteiger partial charge in [-0.1, -0.05) is 57.8 Å². The molecule has 2 amide bonds. The van der Waals surface area contributed by atoms with E-state index in [1.54, 1.807) is 6.92 Å². The van der Waals surface area contributed by atoms with Gasteiger partial charge < -0.3 is 20.1 Å². The number of rotatable bonds is 9. The fourth-order valence-electron chi connectivity index (χ4n) is 4.30. The smallest absolute Gasteiger partial charge is 0.319 e. The highest BCUT2D eigenvalue weighted by atomic mass is 79.9. The highest BCUT2D eigenvalue weighted by molar-refractivity contribution is 9.10. The molecule has 2 aromatic carbocycles. The van der Waals surface area contributed by atoms with Crippen LogP contribution >= 0.6 is 50.9 Å². The van der Waals surface area contributed by atoms with Gasteiger partial charge in [-0.3, -0.25) is 14.4 Å². The molecule has 0 aromatic heterocycles. The van der Waals surface area contributed by atoms with Crippen LogP contribution in [0.5, 0.6) is 5.75 Å². The van der Waals surface area contributed by atoms with Gasteiger partial charge in [0.25, 0.3) is 0 Å². The van der Waals surface area contributed by atoms with E-state index in [1.807, 2.05) is 26.0 Å². The summed E-state index contributed by atoms with van der Waals surface area (Å²) in [6, 6.07) is 8.96. The first kappa shape index (κ1) is 30.8. The minimum Gasteiger partial charge on any atom is -0.491 e. The fourth-order valence-corrected chi connectivity index (χ4v) is 6.39. The van der Waals surface area contributed by atoms with E-state index in [-0.39, 0.29) is 38.1 Å². The number of nitriles is 1. The lowest BCUT2D eigenvalue weighted by molar-refractivity contribution is -0.150. The van der Waals surface area contributed by atoms with E-state index in [0.29, 0.717) is 18.6 Å². The van der Waals surface area contributed by atoms with E-state index in [2.05, 4.69) is 32.6 Å². The number of amides is 2. The molecular weight excluding hydrogens is 629 g/mol. The molecule has 39 heavy (non-hydrogen) atoms. The number of carbonyl (C=O) groups excluding carboxylic acids is 3. The van der Waals surface area contributed by atoms with Crippen LogP contribution in [0.25, 0.3) is 0 Å². The number of nitrogens with one attached hydrogen (secondary N) is 2. The molecule has 0 unspecified atom stereocenters. The van der Waals surface area contributed by atoms with Crippen LogP contribution < -0.4 is 15.4 Å². The lowest BCUT2D eigenvalue weighted by atomic mass is 9.78. The summed E-state index contributed by atoms with van der Waals surface area (Å²) in [6.45, 7) is 5.98. The molecule has 0 bridgehead atoms. The van der Waals surface area contributed by atoms with Crippen LogP contribution in [0.15, 0.2) is 39.3 Å². The summed E-state index contributed by atoms with van der Waals surface area (Å²) >= 11 is 17.3. The number of nitrogens with zero attached hydrogens (tertiary/aromatic N) is 1. The first-order chi connectivity index (χ1) is 18.6. The molecule has 0 aliphatic carbocycles. The fraction of sp³-hybridized carbons (Fsp3) is 0.333. The molecule has 12 heteroatoms.